The molecule has 0 heterocycles. The molecule has 0 unspecified atom stereocenters. The van der Waals surface area contributed by atoms with E-state index in [2.05, 4.69) is 29.6 Å². The van der Waals surface area contributed by atoms with E-state index in [-0.39, 0.29) is 30.2 Å². The van der Waals surface area contributed by atoms with Crippen LogP contribution >= 0.6 is 0 Å². The molecular formula is C30H35FN2O2. The summed E-state index contributed by atoms with van der Waals surface area (Å²) >= 11 is 0. The van der Waals surface area contributed by atoms with Crippen LogP contribution in [0.1, 0.15) is 63.0 Å². The highest BCUT2D eigenvalue weighted by atomic mass is 19.1. The molecule has 2 amide bonds. The van der Waals surface area contributed by atoms with Gasteiger partial charge in [0.25, 0.3) is 0 Å². The van der Waals surface area contributed by atoms with E-state index >= 15 is 0 Å². The molecule has 0 spiro atoms. The summed E-state index contributed by atoms with van der Waals surface area (Å²) in [6.07, 6.45) is 6.90. The highest BCUT2D eigenvalue weighted by Gasteiger charge is 2.30. The van der Waals surface area contributed by atoms with Crippen LogP contribution in [-0.2, 0) is 22.6 Å². The fourth-order valence-electron chi connectivity index (χ4n) is 5.15. The van der Waals surface area contributed by atoms with Crippen LogP contribution in [0.5, 0.6) is 0 Å². The minimum Gasteiger partial charge on any atom is -0.352 e. The van der Waals surface area contributed by atoms with Gasteiger partial charge in [-0.2, -0.15) is 0 Å². The standard InChI is InChI=1S/C30H35FN2O2/c1-2-28(30(35)32-26-12-4-3-5-13-26)33(21-22-15-18-25(31)19-16-22)29(34)20-17-24-11-8-10-23-9-6-7-14-27(23)24/h6-11,14-16,18-19,26,28H,2-5,12-13,17,20-21H2,1H3,(H,32,35)/t28-/m1/s1. The molecule has 1 saturated carbocycles. The molecule has 4 rings (SSSR count). The van der Waals surface area contributed by atoms with E-state index in [0.717, 1.165) is 47.6 Å². The highest BCUT2D eigenvalue weighted by molar-refractivity contribution is 5.89. The summed E-state index contributed by atoms with van der Waals surface area (Å²) < 4.78 is 13.5. The molecule has 0 aliphatic heterocycles. The fourth-order valence-corrected chi connectivity index (χ4v) is 5.15. The molecule has 1 N–H and O–H groups in total. The number of carbonyl (C=O) groups is 2. The number of carbonyl (C=O) groups excluding carboxylic acids is 2. The maximum Gasteiger partial charge on any atom is 0.243 e. The maximum atomic E-state index is 13.6. The number of halogens is 1. The first-order valence-electron chi connectivity index (χ1n) is 12.9. The summed E-state index contributed by atoms with van der Waals surface area (Å²) in [4.78, 5) is 28.6. The molecule has 184 valence electrons. The van der Waals surface area contributed by atoms with Gasteiger partial charge in [0.2, 0.25) is 11.8 Å². The van der Waals surface area contributed by atoms with E-state index in [0.29, 0.717) is 19.3 Å². The lowest BCUT2D eigenvalue weighted by molar-refractivity contribution is -0.141. The molecule has 35 heavy (non-hydrogen) atoms. The monoisotopic (exact) mass is 474 g/mol. The number of benzene rings is 3. The van der Waals surface area contributed by atoms with Crippen LogP contribution in [0, 0.1) is 5.82 Å². The topological polar surface area (TPSA) is 49.4 Å². The number of nitrogens with zero attached hydrogens (tertiary/aromatic N) is 1. The van der Waals surface area contributed by atoms with Crippen molar-refractivity contribution >= 4 is 22.6 Å². The Kier molecular flexibility index (Phi) is 8.51. The third-order valence-electron chi connectivity index (χ3n) is 7.09. The minimum atomic E-state index is -0.554. The first-order chi connectivity index (χ1) is 17.0. The number of amides is 2. The molecule has 1 fully saturated rings. The van der Waals surface area contributed by atoms with Crippen molar-refractivity contribution in [2.24, 2.45) is 0 Å². The van der Waals surface area contributed by atoms with E-state index < -0.39 is 6.04 Å². The highest BCUT2D eigenvalue weighted by Crippen LogP contribution is 2.22. The molecule has 0 saturated heterocycles. The van der Waals surface area contributed by atoms with E-state index in [1.807, 2.05) is 25.1 Å². The molecule has 0 bridgehead atoms. The second-order valence-electron chi connectivity index (χ2n) is 9.55. The predicted molar refractivity (Wildman–Crippen MR) is 138 cm³/mol. The van der Waals surface area contributed by atoms with Gasteiger partial charge in [-0.05, 0) is 59.7 Å². The van der Waals surface area contributed by atoms with Crippen molar-refractivity contribution in [1.29, 1.82) is 0 Å². The van der Waals surface area contributed by atoms with Gasteiger partial charge < -0.3 is 10.2 Å². The minimum absolute atomic E-state index is 0.0621. The molecule has 0 radical (unpaired) electrons. The van der Waals surface area contributed by atoms with Gasteiger partial charge in [-0.25, -0.2) is 4.39 Å². The van der Waals surface area contributed by atoms with Crippen molar-refractivity contribution in [3.05, 3.63) is 83.7 Å². The number of nitrogens with one attached hydrogen (secondary N) is 1. The van der Waals surface area contributed by atoms with Gasteiger partial charge in [-0.1, -0.05) is 80.8 Å². The number of hydrogen-bond donors (Lipinski definition) is 1. The Morgan fingerprint density at radius 3 is 2.43 bits per heavy atom. The average molecular weight is 475 g/mol. The first-order valence-corrected chi connectivity index (χ1v) is 12.9. The normalized spacial score (nSPS) is 15.0. The number of fused-ring (bicyclic) bond motifs is 1. The van der Waals surface area contributed by atoms with Crippen molar-refractivity contribution in [1.82, 2.24) is 10.2 Å². The second-order valence-corrected chi connectivity index (χ2v) is 9.55. The van der Waals surface area contributed by atoms with Crippen molar-refractivity contribution in [3.8, 4) is 0 Å². The Morgan fingerprint density at radius 2 is 1.69 bits per heavy atom. The smallest absolute Gasteiger partial charge is 0.243 e. The summed E-state index contributed by atoms with van der Waals surface area (Å²) in [6, 6.07) is 20.1. The molecule has 0 aromatic heterocycles. The lowest BCUT2D eigenvalue weighted by Crippen LogP contribution is -2.51. The van der Waals surface area contributed by atoms with Gasteiger partial charge in [0.1, 0.15) is 11.9 Å². The number of hydrogen-bond acceptors (Lipinski definition) is 2. The van der Waals surface area contributed by atoms with Crippen LogP contribution in [0.25, 0.3) is 10.8 Å². The van der Waals surface area contributed by atoms with E-state index in [9.17, 15) is 14.0 Å². The molecule has 3 aromatic rings. The van der Waals surface area contributed by atoms with Crippen LogP contribution in [-0.4, -0.2) is 28.8 Å². The Labute approximate surface area is 207 Å². The quantitative estimate of drug-likeness (QED) is 0.403. The van der Waals surface area contributed by atoms with Gasteiger partial charge in [0, 0.05) is 19.0 Å². The molecule has 5 heteroatoms. The fraction of sp³-hybridized carbons (Fsp3) is 0.400. The lowest BCUT2D eigenvalue weighted by Gasteiger charge is -2.33. The van der Waals surface area contributed by atoms with Gasteiger partial charge in [-0.15, -0.1) is 0 Å². The summed E-state index contributed by atoms with van der Waals surface area (Å²) in [5.41, 5.74) is 1.94. The molecule has 1 aliphatic rings. The number of aryl methyl sites for hydroxylation is 1. The summed E-state index contributed by atoms with van der Waals surface area (Å²) in [5, 5.41) is 5.51. The zero-order chi connectivity index (χ0) is 24.6. The Bertz CT molecular complexity index is 1130. The summed E-state index contributed by atoms with van der Waals surface area (Å²) in [5.74, 6) is -0.461. The zero-order valence-corrected chi connectivity index (χ0v) is 20.5. The SMILES string of the molecule is CC[C@H](C(=O)NC1CCCCC1)N(Cc1ccc(F)cc1)C(=O)CCc1cccc2ccccc12. The lowest BCUT2D eigenvalue weighted by atomic mass is 9.95. The summed E-state index contributed by atoms with van der Waals surface area (Å²) in [6.45, 7) is 2.23. The largest absolute Gasteiger partial charge is 0.352 e. The van der Waals surface area contributed by atoms with Gasteiger partial charge >= 0.3 is 0 Å². The van der Waals surface area contributed by atoms with E-state index in [1.54, 1.807) is 17.0 Å². The summed E-state index contributed by atoms with van der Waals surface area (Å²) in [7, 11) is 0. The van der Waals surface area contributed by atoms with Crippen molar-refractivity contribution in [3.63, 3.8) is 0 Å². The van der Waals surface area contributed by atoms with E-state index in [4.69, 9.17) is 0 Å². The molecule has 1 atom stereocenters. The third kappa shape index (κ3) is 6.47. The number of rotatable bonds is 9. The van der Waals surface area contributed by atoms with Crippen LogP contribution in [0.15, 0.2) is 66.7 Å². The maximum absolute atomic E-state index is 13.6. The Morgan fingerprint density at radius 1 is 0.971 bits per heavy atom. The van der Waals surface area contributed by atoms with Gasteiger partial charge in [-0.3, -0.25) is 9.59 Å². The Hall–Kier alpha value is -3.21. The molecule has 4 nitrogen and oxygen atoms in total. The molecular weight excluding hydrogens is 439 g/mol. The van der Waals surface area contributed by atoms with Crippen LogP contribution in [0.3, 0.4) is 0 Å². The van der Waals surface area contributed by atoms with Crippen LogP contribution in [0.4, 0.5) is 4.39 Å². The van der Waals surface area contributed by atoms with E-state index in [1.165, 1.54) is 18.6 Å². The van der Waals surface area contributed by atoms with Gasteiger partial charge in [0.15, 0.2) is 0 Å². The van der Waals surface area contributed by atoms with Gasteiger partial charge in [0.05, 0.1) is 0 Å². The zero-order valence-electron chi connectivity index (χ0n) is 20.5. The van der Waals surface area contributed by atoms with Crippen molar-refractivity contribution in [2.45, 2.75) is 76.9 Å². The predicted octanol–water partition coefficient (Wildman–Crippen LogP) is 6.17. The molecule has 3 aromatic carbocycles. The van der Waals surface area contributed by atoms with Crippen molar-refractivity contribution < 1.29 is 14.0 Å². The average Bonchev–Trinajstić information content (AvgIpc) is 2.89. The first kappa shape index (κ1) is 24.9. The van der Waals surface area contributed by atoms with Crippen LogP contribution in [0.2, 0.25) is 0 Å². The molecule has 1 aliphatic carbocycles. The Balaban J connectivity index is 1.52. The third-order valence-corrected chi connectivity index (χ3v) is 7.09. The van der Waals surface area contributed by atoms with Crippen LogP contribution < -0.4 is 5.32 Å². The second kappa shape index (κ2) is 12.0. The van der Waals surface area contributed by atoms with Crippen molar-refractivity contribution in [2.75, 3.05) is 0 Å².